The number of thiazole rings is 1. The maximum Gasteiger partial charge on any atom is 0.337 e. The summed E-state index contributed by atoms with van der Waals surface area (Å²) >= 11 is 1.61. The summed E-state index contributed by atoms with van der Waals surface area (Å²) < 4.78 is 4.70. The fraction of sp³-hybridized carbons (Fsp3) is 0.105. The van der Waals surface area contributed by atoms with Gasteiger partial charge in [0.1, 0.15) is 5.01 Å². The highest BCUT2D eigenvalue weighted by molar-refractivity contribution is 7.13. The molecule has 0 amide bonds. The largest absolute Gasteiger partial charge is 0.465 e. The summed E-state index contributed by atoms with van der Waals surface area (Å²) in [4.78, 5) is 23.6. The number of methoxy groups -OCH3 is 1. The maximum atomic E-state index is 11.5. The second-order valence-electron chi connectivity index (χ2n) is 5.70. The van der Waals surface area contributed by atoms with E-state index in [-0.39, 0.29) is 5.97 Å². The van der Waals surface area contributed by atoms with Crippen molar-refractivity contribution in [3.05, 3.63) is 65.2 Å². The number of hydrogen-bond acceptors (Lipinski definition) is 6. The molecule has 0 aliphatic carbocycles. The predicted molar refractivity (Wildman–Crippen MR) is 102 cm³/mol. The lowest BCUT2D eigenvalue weighted by Gasteiger charge is -2.04. The maximum absolute atomic E-state index is 11.5. The summed E-state index contributed by atoms with van der Waals surface area (Å²) in [5, 5.41) is 6.22. The molecule has 6 nitrogen and oxygen atoms in total. The summed E-state index contributed by atoms with van der Waals surface area (Å²) in [6.45, 7) is 0.598. The monoisotopic (exact) mass is 364 g/mol. The van der Waals surface area contributed by atoms with Crippen LogP contribution in [0, 0.1) is 0 Å². The molecule has 0 unspecified atom stereocenters. The SMILES string of the molecule is COC(=O)c1ccc(CNc2nc3ccc(-c4nccs4)cc3[nH]2)cc1. The van der Waals surface area contributed by atoms with Crippen LogP contribution < -0.4 is 5.32 Å². The Morgan fingerprint density at radius 2 is 2.08 bits per heavy atom. The van der Waals surface area contributed by atoms with Crippen LogP contribution in [-0.2, 0) is 11.3 Å². The number of nitrogens with one attached hydrogen (secondary N) is 2. The minimum absolute atomic E-state index is 0.335. The van der Waals surface area contributed by atoms with Crippen molar-refractivity contribution in [3.63, 3.8) is 0 Å². The van der Waals surface area contributed by atoms with Crippen molar-refractivity contribution >= 4 is 34.3 Å². The molecule has 26 heavy (non-hydrogen) atoms. The van der Waals surface area contributed by atoms with Crippen molar-refractivity contribution in [1.82, 2.24) is 15.0 Å². The van der Waals surface area contributed by atoms with Gasteiger partial charge in [0.05, 0.1) is 23.7 Å². The molecule has 0 atom stereocenters. The van der Waals surface area contributed by atoms with E-state index in [9.17, 15) is 4.79 Å². The van der Waals surface area contributed by atoms with Gasteiger partial charge < -0.3 is 15.0 Å². The number of carbonyl (C=O) groups excluding carboxylic acids is 1. The van der Waals surface area contributed by atoms with E-state index in [2.05, 4.69) is 26.3 Å². The van der Waals surface area contributed by atoms with Gasteiger partial charge in [-0.25, -0.2) is 14.8 Å². The Hall–Kier alpha value is -3.19. The van der Waals surface area contributed by atoms with Crippen molar-refractivity contribution in [3.8, 4) is 10.6 Å². The quantitative estimate of drug-likeness (QED) is 0.522. The zero-order valence-corrected chi connectivity index (χ0v) is 14.8. The summed E-state index contributed by atoms with van der Waals surface area (Å²) in [6.07, 6.45) is 1.80. The number of anilines is 1. The first kappa shape index (κ1) is 16.3. The van der Waals surface area contributed by atoms with Crippen molar-refractivity contribution in [2.75, 3.05) is 12.4 Å². The smallest absolute Gasteiger partial charge is 0.337 e. The normalized spacial score (nSPS) is 10.8. The first-order valence-corrected chi connectivity index (χ1v) is 8.91. The minimum atomic E-state index is -0.335. The zero-order valence-electron chi connectivity index (χ0n) is 14.0. The van der Waals surface area contributed by atoms with Crippen LogP contribution in [0.15, 0.2) is 54.0 Å². The molecule has 2 heterocycles. The summed E-state index contributed by atoms with van der Waals surface area (Å²) in [5.41, 5.74) is 4.51. The van der Waals surface area contributed by atoms with Crippen LogP contribution in [0.4, 0.5) is 5.95 Å². The lowest BCUT2D eigenvalue weighted by atomic mass is 10.1. The van der Waals surface area contributed by atoms with Crippen LogP contribution >= 0.6 is 11.3 Å². The highest BCUT2D eigenvalue weighted by Crippen LogP contribution is 2.25. The van der Waals surface area contributed by atoms with Crippen LogP contribution in [-0.4, -0.2) is 28.0 Å². The molecule has 4 aromatic rings. The standard InChI is InChI=1S/C19H16N4O2S/c1-25-18(24)13-4-2-12(3-5-13)11-21-19-22-15-7-6-14(10-16(15)23-19)17-20-8-9-26-17/h2-10H,11H2,1H3,(H2,21,22,23). The van der Waals surface area contributed by atoms with E-state index in [0.717, 1.165) is 27.2 Å². The van der Waals surface area contributed by atoms with E-state index in [1.165, 1.54) is 7.11 Å². The lowest BCUT2D eigenvalue weighted by molar-refractivity contribution is 0.0600. The second kappa shape index (κ2) is 6.97. The fourth-order valence-electron chi connectivity index (χ4n) is 2.65. The number of nitrogens with zero attached hydrogens (tertiary/aromatic N) is 2. The van der Waals surface area contributed by atoms with E-state index < -0.39 is 0 Å². The zero-order chi connectivity index (χ0) is 17.9. The molecule has 7 heteroatoms. The molecule has 0 radical (unpaired) electrons. The lowest BCUT2D eigenvalue weighted by Crippen LogP contribution is -2.03. The Balaban J connectivity index is 1.48. The number of aromatic nitrogens is 3. The van der Waals surface area contributed by atoms with E-state index >= 15 is 0 Å². The Morgan fingerprint density at radius 1 is 1.23 bits per heavy atom. The number of hydrogen-bond donors (Lipinski definition) is 2. The van der Waals surface area contributed by atoms with E-state index in [1.54, 1.807) is 29.7 Å². The molecule has 0 saturated carbocycles. The summed E-state index contributed by atoms with van der Waals surface area (Å²) in [5.74, 6) is 0.367. The molecule has 0 saturated heterocycles. The minimum Gasteiger partial charge on any atom is -0.465 e. The van der Waals surface area contributed by atoms with Gasteiger partial charge in [-0.2, -0.15) is 0 Å². The van der Waals surface area contributed by atoms with E-state index in [0.29, 0.717) is 18.1 Å². The van der Waals surface area contributed by atoms with Gasteiger partial charge in [-0.1, -0.05) is 12.1 Å². The van der Waals surface area contributed by atoms with Crippen molar-refractivity contribution in [2.45, 2.75) is 6.54 Å². The number of rotatable bonds is 5. The van der Waals surface area contributed by atoms with Crippen LogP contribution in [0.5, 0.6) is 0 Å². The van der Waals surface area contributed by atoms with Gasteiger partial charge in [0.25, 0.3) is 0 Å². The Bertz CT molecular complexity index is 1040. The molecule has 0 aliphatic heterocycles. The van der Waals surface area contributed by atoms with Gasteiger partial charge in [0.2, 0.25) is 5.95 Å². The Kier molecular flexibility index (Phi) is 4.37. The molecular weight excluding hydrogens is 348 g/mol. The molecule has 4 rings (SSSR count). The van der Waals surface area contributed by atoms with Crippen molar-refractivity contribution < 1.29 is 9.53 Å². The van der Waals surface area contributed by atoms with E-state index in [4.69, 9.17) is 4.74 Å². The third-order valence-electron chi connectivity index (χ3n) is 4.00. The van der Waals surface area contributed by atoms with Crippen LogP contribution in [0.2, 0.25) is 0 Å². The average molecular weight is 364 g/mol. The topological polar surface area (TPSA) is 79.9 Å². The molecule has 2 aromatic carbocycles. The number of ether oxygens (including phenoxy) is 1. The van der Waals surface area contributed by atoms with Crippen LogP contribution in [0.1, 0.15) is 15.9 Å². The highest BCUT2D eigenvalue weighted by atomic mass is 32.1. The third-order valence-corrected chi connectivity index (χ3v) is 4.82. The summed E-state index contributed by atoms with van der Waals surface area (Å²) in [7, 11) is 1.37. The average Bonchev–Trinajstić information content (AvgIpc) is 3.35. The summed E-state index contributed by atoms with van der Waals surface area (Å²) in [6, 6.07) is 13.3. The highest BCUT2D eigenvalue weighted by Gasteiger charge is 2.07. The number of esters is 1. The number of benzene rings is 2. The van der Waals surface area contributed by atoms with Gasteiger partial charge in [0, 0.05) is 23.7 Å². The second-order valence-corrected chi connectivity index (χ2v) is 6.59. The molecule has 0 fully saturated rings. The van der Waals surface area contributed by atoms with Crippen molar-refractivity contribution in [1.29, 1.82) is 0 Å². The van der Waals surface area contributed by atoms with Crippen molar-refractivity contribution in [2.24, 2.45) is 0 Å². The molecule has 2 aromatic heterocycles. The third kappa shape index (κ3) is 3.29. The number of fused-ring (bicyclic) bond motifs is 1. The first-order valence-electron chi connectivity index (χ1n) is 8.04. The molecule has 0 spiro atoms. The Morgan fingerprint density at radius 3 is 2.81 bits per heavy atom. The number of aromatic amines is 1. The first-order chi connectivity index (χ1) is 12.7. The fourth-order valence-corrected chi connectivity index (χ4v) is 3.29. The molecule has 0 aliphatic rings. The predicted octanol–water partition coefficient (Wildman–Crippen LogP) is 4.09. The van der Waals surface area contributed by atoms with Gasteiger partial charge in [-0.3, -0.25) is 0 Å². The van der Waals surface area contributed by atoms with Crippen LogP contribution in [0.3, 0.4) is 0 Å². The number of H-pyrrole nitrogens is 1. The molecular formula is C19H16N4O2S. The Labute approximate surface area is 153 Å². The van der Waals surface area contributed by atoms with Crippen LogP contribution in [0.25, 0.3) is 21.6 Å². The van der Waals surface area contributed by atoms with E-state index in [1.807, 2.05) is 29.6 Å². The van der Waals surface area contributed by atoms with Gasteiger partial charge in [-0.05, 0) is 35.9 Å². The van der Waals surface area contributed by atoms with Gasteiger partial charge >= 0.3 is 5.97 Å². The molecule has 130 valence electrons. The molecule has 2 N–H and O–H groups in total. The van der Waals surface area contributed by atoms with Gasteiger partial charge in [0.15, 0.2) is 0 Å². The number of imidazole rings is 1. The molecule has 0 bridgehead atoms. The van der Waals surface area contributed by atoms with Gasteiger partial charge in [-0.15, -0.1) is 11.3 Å². The number of carbonyl (C=O) groups is 1.